The van der Waals surface area contributed by atoms with Gasteiger partial charge in [-0.3, -0.25) is 4.79 Å². The van der Waals surface area contributed by atoms with Gasteiger partial charge in [-0.05, 0) is 17.7 Å². The van der Waals surface area contributed by atoms with Gasteiger partial charge in [0.1, 0.15) is 11.9 Å². The van der Waals surface area contributed by atoms with Gasteiger partial charge in [-0.25, -0.2) is 4.98 Å². The van der Waals surface area contributed by atoms with Crippen molar-refractivity contribution in [3.63, 3.8) is 0 Å². The van der Waals surface area contributed by atoms with E-state index in [1.165, 1.54) is 12.1 Å². The van der Waals surface area contributed by atoms with Gasteiger partial charge in [-0.2, -0.15) is 13.2 Å². The number of carbonyl (C=O) groups excluding carboxylic acids is 1. The second-order valence-electron chi connectivity index (χ2n) is 4.76. The molecule has 0 fully saturated rings. The van der Waals surface area contributed by atoms with Crippen molar-refractivity contribution in [2.75, 3.05) is 0 Å². The first-order chi connectivity index (χ1) is 10.4. The Labute approximate surface area is 125 Å². The van der Waals surface area contributed by atoms with E-state index in [2.05, 4.69) is 9.97 Å². The van der Waals surface area contributed by atoms with Crippen LogP contribution >= 0.6 is 0 Å². The van der Waals surface area contributed by atoms with Gasteiger partial charge in [0, 0.05) is 12.8 Å². The van der Waals surface area contributed by atoms with Crippen molar-refractivity contribution in [1.29, 1.82) is 0 Å². The van der Waals surface area contributed by atoms with Gasteiger partial charge in [0.25, 0.3) is 6.47 Å². The van der Waals surface area contributed by atoms with E-state index in [4.69, 9.17) is 4.74 Å². The predicted octanol–water partition coefficient (Wildman–Crippen LogP) is 3.45. The third-order valence-electron chi connectivity index (χ3n) is 3.25. The third-order valence-corrected chi connectivity index (χ3v) is 3.25. The van der Waals surface area contributed by atoms with Crippen molar-refractivity contribution >= 4 is 6.47 Å². The topological polar surface area (TPSA) is 55.0 Å². The van der Waals surface area contributed by atoms with Gasteiger partial charge in [-0.1, -0.05) is 19.1 Å². The quantitative estimate of drug-likeness (QED) is 0.831. The highest BCUT2D eigenvalue weighted by atomic mass is 19.4. The number of H-pyrrole nitrogens is 1. The highest BCUT2D eigenvalue weighted by Crippen LogP contribution is 2.30. The fourth-order valence-corrected chi connectivity index (χ4v) is 2.06. The summed E-state index contributed by atoms with van der Waals surface area (Å²) < 4.78 is 42.6. The molecule has 0 saturated carbocycles. The standard InChI is InChI=1S/C15H15F3N2O2/c1-2-14-19-8-12(20-14)13(22-9-21)7-10-3-5-11(6-4-10)15(16,17)18/h3-6,8-9,13H,2,7H2,1H3,(H,19,20). The molecular formula is C15H15F3N2O2. The van der Waals surface area contributed by atoms with E-state index in [1.807, 2.05) is 6.92 Å². The Morgan fingerprint density at radius 3 is 2.50 bits per heavy atom. The van der Waals surface area contributed by atoms with Crippen molar-refractivity contribution in [2.45, 2.75) is 32.0 Å². The largest absolute Gasteiger partial charge is 0.458 e. The van der Waals surface area contributed by atoms with E-state index < -0.39 is 17.8 Å². The molecule has 0 bridgehead atoms. The molecule has 2 rings (SSSR count). The lowest BCUT2D eigenvalue weighted by Crippen LogP contribution is -2.09. The number of aromatic nitrogens is 2. The summed E-state index contributed by atoms with van der Waals surface area (Å²) in [6.45, 7) is 2.25. The van der Waals surface area contributed by atoms with Gasteiger partial charge < -0.3 is 9.72 Å². The highest BCUT2D eigenvalue weighted by molar-refractivity contribution is 5.38. The number of hydrogen-bond acceptors (Lipinski definition) is 3. The lowest BCUT2D eigenvalue weighted by molar-refractivity contribution is -0.137. The molecule has 0 aliphatic heterocycles. The second-order valence-corrected chi connectivity index (χ2v) is 4.76. The number of imidazole rings is 1. The summed E-state index contributed by atoms with van der Waals surface area (Å²) in [5.74, 6) is 0.752. The summed E-state index contributed by atoms with van der Waals surface area (Å²) in [6, 6.07) is 4.78. The number of aryl methyl sites for hydroxylation is 1. The number of alkyl halides is 3. The van der Waals surface area contributed by atoms with Crippen molar-refractivity contribution in [2.24, 2.45) is 0 Å². The molecule has 7 heteroatoms. The van der Waals surface area contributed by atoms with Crippen LogP contribution in [0.4, 0.5) is 13.2 Å². The minimum atomic E-state index is -4.36. The number of nitrogens with one attached hydrogen (secondary N) is 1. The molecule has 0 amide bonds. The normalized spacial score (nSPS) is 12.9. The summed E-state index contributed by atoms with van der Waals surface area (Å²) in [6.07, 6.45) is -2.44. The molecule has 1 atom stereocenters. The Kier molecular flexibility index (Phi) is 4.85. The van der Waals surface area contributed by atoms with Crippen LogP contribution in [-0.2, 0) is 28.5 Å². The van der Waals surface area contributed by atoms with Crippen LogP contribution in [0, 0.1) is 0 Å². The first-order valence-corrected chi connectivity index (χ1v) is 6.73. The number of ether oxygens (including phenoxy) is 1. The fraction of sp³-hybridized carbons (Fsp3) is 0.333. The summed E-state index contributed by atoms with van der Waals surface area (Å²) in [4.78, 5) is 17.8. The molecule has 4 nitrogen and oxygen atoms in total. The van der Waals surface area contributed by atoms with Crippen LogP contribution in [0.1, 0.15) is 35.7 Å². The fourth-order valence-electron chi connectivity index (χ4n) is 2.06. The third kappa shape index (κ3) is 3.87. The molecule has 1 heterocycles. The Balaban J connectivity index is 2.15. The van der Waals surface area contributed by atoms with E-state index in [9.17, 15) is 18.0 Å². The average Bonchev–Trinajstić information content (AvgIpc) is 2.95. The maximum Gasteiger partial charge on any atom is 0.416 e. The molecule has 1 aromatic heterocycles. The highest BCUT2D eigenvalue weighted by Gasteiger charge is 2.30. The zero-order chi connectivity index (χ0) is 16.2. The molecule has 1 N–H and O–H groups in total. The van der Waals surface area contributed by atoms with Crippen LogP contribution in [-0.4, -0.2) is 16.4 Å². The zero-order valence-corrected chi connectivity index (χ0v) is 11.9. The van der Waals surface area contributed by atoms with Gasteiger partial charge in [0.2, 0.25) is 0 Å². The number of benzene rings is 1. The molecule has 2 aromatic rings. The minimum Gasteiger partial charge on any atom is -0.458 e. The SMILES string of the molecule is CCc1ncc(C(Cc2ccc(C(F)(F)F)cc2)OC=O)[nH]1. The monoisotopic (exact) mass is 312 g/mol. The van der Waals surface area contributed by atoms with Crippen LogP contribution < -0.4 is 0 Å². The second kappa shape index (κ2) is 6.64. The van der Waals surface area contributed by atoms with Crippen LogP contribution in [0.25, 0.3) is 0 Å². The van der Waals surface area contributed by atoms with Gasteiger partial charge >= 0.3 is 6.18 Å². The number of halogens is 3. The number of hydrogen-bond donors (Lipinski definition) is 1. The Bertz CT molecular complexity index is 620. The molecule has 0 saturated heterocycles. The van der Waals surface area contributed by atoms with Crippen LogP contribution in [0.15, 0.2) is 30.5 Å². The molecule has 22 heavy (non-hydrogen) atoms. The lowest BCUT2D eigenvalue weighted by atomic mass is 10.0. The summed E-state index contributed by atoms with van der Waals surface area (Å²) in [5.41, 5.74) is 0.537. The van der Waals surface area contributed by atoms with E-state index in [1.54, 1.807) is 6.20 Å². The predicted molar refractivity (Wildman–Crippen MR) is 73.0 cm³/mol. The van der Waals surface area contributed by atoms with Crippen molar-refractivity contribution in [1.82, 2.24) is 9.97 Å². The smallest absolute Gasteiger partial charge is 0.416 e. The Morgan fingerprint density at radius 1 is 1.32 bits per heavy atom. The number of aromatic amines is 1. The van der Waals surface area contributed by atoms with E-state index in [-0.39, 0.29) is 6.42 Å². The number of carbonyl (C=O) groups is 1. The number of rotatable bonds is 6. The van der Waals surface area contributed by atoms with Crippen LogP contribution in [0.5, 0.6) is 0 Å². The first-order valence-electron chi connectivity index (χ1n) is 6.73. The van der Waals surface area contributed by atoms with E-state index in [0.29, 0.717) is 24.2 Å². The molecule has 0 spiro atoms. The minimum absolute atomic E-state index is 0.266. The number of nitrogens with zero attached hydrogens (tertiary/aromatic N) is 1. The van der Waals surface area contributed by atoms with Crippen LogP contribution in [0.2, 0.25) is 0 Å². The van der Waals surface area contributed by atoms with E-state index in [0.717, 1.165) is 18.0 Å². The van der Waals surface area contributed by atoms with Gasteiger partial charge in [0.15, 0.2) is 0 Å². The van der Waals surface area contributed by atoms with Gasteiger partial charge in [-0.15, -0.1) is 0 Å². The van der Waals surface area contributed by atoms with E-state index >= 15 is 0 Å². The molecule has 1 unspecified atom stereocenters. The average molecular weight is 312 g/mol. The Morgan fingerprint density at radius 2 is 2.00 bits per heavy atom. The maximum atomic E-state index is 12.5. The van der Waals surface area contributed by atoms with Crippen molar-refractivity contribution in [3.8, 4) is 0 Å². The van der Waals surface area contributed by atoms with Crippen molar-refractivity contribution < 1.29 is 22.7 Å². The first kappa shape index (κ1) is 16.1. The van der Waals surface area contributed by atoms with Gasteiger partial charge in [0.05, 0.1) is 17.5 Å². The van der Waals surface area contributed by atoms with Crippen molar-refractivity contribution in [3.05, 3.63) is 53.1 Å². The molecular weight excluding hydrogens is 297 g/mol. The summed E-state index contributed by atoms with van der Waals surface area (Å²) in [7, 11) is 0. The lowest BCUT2D eigenvalue weighted by Gasteiger charge is -2.14. The molecule has 0 aliphatic rings. The summed E-state index contributed by atoms with van der Waals surface area (Å²) >= 11 is 0. The zero-order valence-electron chi connectivity index (χ0n) is 11.9. The van der Waals surface area contributed by atoms with Crippen LogP contribution in [0.3, 0.4) is 0 Å². The molecule has 0 radical (unpaired) electrons. The Hall–Kier alpha value is -2.31. The maximum absolute atomic E-state index is 12.5. The molecule has 0 aliphatic carbocycles. The molecule has 1 aromatic carbocycles. The summed E-state index contributed by atoms with van der Waals surface area (Å²) in [5, 5.41) is 0. The molecule has 118 valence electrons.